The predicted molar refractivity (Wildman–Crippen MR) is 84.6 cm³/mol. The fourth-order valence-corrected chi connectivity index (χ4v) is 2.29. The fraction of sp³-hybridized carbons (Fsp3) is 0.375. The second-order valence-corrected chi connectivity index (χ2v) is 5.67. The number of aromatic nitrogens is 3. The van der Waals surface area contributed by atoms with Gasteiger partial charge in [0.05, 0.1) is 17.2 Å². The fourth-order valence-electron chi connectivity index (χ4n) is 2.29. The van der Waals surface area contributed by atoms with Gasteiger partial charge in [0, 0.05) is 25.5 Å². The Kier molecular flexibility index (Phi) is 4.78. The summed E-state index contributed by atoms with van der Waals surface area (Å²) in [6.45, 7) is 5.55. The summed E-state index contributed by atoms with van der Waals surface area (Å²) in [4.78, 5) is 28.8. The highest BCUT2D eigenvalue weighted by Crippen LogP contribution is 2.12. The average Bonchev–Trinajstić information content (AvgIpc) is 2.85. The number of amides is 1. The van der Waals surface area contributed by atoms with Crippen molar-refractivity contribution in [3.63, 3.8) is 0 Å². The minimum atomic E-state index is -0.928. The normalized spacial score (nSPS) is 12.0. The smallest absolute Gasteiger partial charge is 0.308 e. The summed E-state index contributed by atoms with van der Waals surface area (Å²) in [6, 6.07) is 5.34. The van der Waals surface area contributed by atoms with Gasteiger partial charge < -0.3 is 10.0 Å². The van der Waals surface area contributed by atoms with Crippen molar-refractivity contribution < 1.29 is 14.7 Å². The molecule has 0 bridgehead atoms. The number of aryl methyl sites for hydroxylation is 2. The second kappa shape index (κ2) is 6.60. The Morgan fingerprint density at radius 2 is 2.04 bits per heavy atom. The molecule has 1 N–H and O–H groups in total. The summed E-state index contributed by atoms with van der Waals surface area (Å²) in [5, 5.41) is 13.3. The maximum atomic E-state index is 12.3. The van der Waals surface area contributed by atoms with E-state index in [1.54, 1.807) is 30.8 Å². The van der Waals surface area contributed by atoms with E-state index in [4.69, 9.17) is 5.11 Å². The number of carboxylic acids is 1. The van der Waals surface area contributed by atoms with Crippen LogP contribution in [0.2, 0.25) is 0 Å². The molecule has 2 aromatic rings. The molecule has 2 heterocycles. The lowest BCUT2D eigenvalue weighted by Crippen LogP contribution is -2.33. The zero-order valence-corrected chi connectivity index (χ0v) is 13.6. The van der Waals surface area contributed by atoms with Gasteiger partial charge in [-0.1, -0.05) is 6.92 Å². The van der Waals surface area contributed by atoms with Crippen molar-refractivity contribution in [3.05, 3.63) is 41.3 Å². The standard InChI is InChI=1S/C16H20N4O3/c1-10(16(22)23)9-19(4)15(21)13-5-6-14(17-8-13)20-12(3)7-11(2)18-20/h5-8,10H,9H2,1-4H3,(H,22,23). The SMILES string of the molecule is Cc1cc(C)n(-c2ccc(C(=O)N(C)CC(C)C(=O)O)cn2)n1. The van der Waals surface area contributed by atoms with Gasteiger partial charge in [-0.3, -0.25) is 9.59 Å². The van der Waals surface area contributed by atoms with E-state index in [1.807, 2.05) is 19.9 Å². The molecule has 0 saturated carbocycles. The highest BCUT2D eigenvalue weighted by Gasteiger charge is 2.19. The van der Waals surface area contributed by atoms with Crippen molar-refractivity contribution in [2.75, 3.05) is 13.6 Å². The third-order valence-corrected chi connectivity index (χ3v) is 3.54. The van der Waals surface area contributed by atoms with Gasteiger partial charge in [0.2, 0.25) is 0 Å². The molecule has 23 heavy (non-hydrogen) atoms. The summed E-state index contributed by atoms with van der Waals surface area (Å²) >= 11 is 0. The van der Waals surface area contributed by atoms with E-state index >= 15 is 0 Å². The van der Waals surface area contributed by atoms with Crippen LogP contribution in [-0.2, 0) is 4.79 Å². The molecule has 2 aromatic heterocycles. The molecule has 1 amide bonds. The zero-order chi connectivity index (χ0) is 17.1. The Balaban J connectivity index is 2.14. The highest BCUT2D eigenvalue weighted by atomic mass is 16.4. The number of carbonyl (C=O) groups excluding carboxylic acids is 1. The summed E-state index contributed by atoms with van der Waals surface area (Å²) in [5.41, 5.74) is 2.27. The van der Waals surface area contributed by atoms with Gasteiger partial charge in [-0.15, -0.1) is 0 Å². The maximum absolute atomic E-state index is 12.3. The number of carboxylic acid groups (broad SMARTS) is 1. The van der Waals surface area contributed by atoms with Crippen molar-refractivity contribution in [2.24, 2.45) is 5.92 Å². The predicted octanol–water partition coefficient (Wildman–Crippen LogP) is 1.68. The molecule has 0 aromatic carbocycles. The molecule has 0 saturated heterocycles. The van der Waals surface area contributed by atoms with Crippen molar-refractivity contribution in [3.8, 4) is 5.82 Å². The molecule has 0 aliphatic rings. The minimum absolute atomic E-state index is 0.146. The molecule has 0 radical (unpaired) electrons. The number of aliphatic carboxylic acids is 1. The number of carbonyl (C=O) groups is 2. The molecular formula is C16H20N4O3. The number of pyridine rings is 1. The van der Waals surface area contributed by atoms with Gasteiger partial charge in [-0.25, -0.2) is 9.67 Å². The van der Waals surface area contributed by atoms with Crippen LogP contribution in [0.1, 0.15) is 28.7 Å². The summed E-state index contributed by atoms with van der Waals surface area (Å²) < 4.78 is 1.71. The van der Waals surface area contributed by atoms with Crippen molar-refractivity contribution in [1.82, 2.24) is 19.7 Å². The van der Waals surface area contributed by atoms with Crippen LogP contribution < -0.4 is 0 Å². The molecule has 0 aliphatic carbocycles. The third-order valence-electron chi connectivity index (χ3n) is 3.54. The van der Waals surface area contributed by atoms with E-state index in [1.165, 1.54) is 11.1 Å². The van der Waals surface area contributed by atoms with Gasteiger partial charge in [-0.05, 0) is 32.0 Å². The lowest BCUT2D eigenvalue weighted by atomic mass is 10.1. The van der Waals surface area contributed by atoms with Gasteiger partial charge in [0.15, 0.2) is 5.82 Å². The Labute approximate surface area is 134 Å². The first-order chi connectivity index (χ1) is 10.8. The van der Waals surface area contributed by atoms with E-state index in [-0.39, 0.29) is 12.5 Å². The molecule has 122 valence electrons. The summed E-state index contributed by atoms with van der Waals surface area (Å²) in [5.74, 6) is -1.17. The summed E-state index contributed by atoms with van der Waals surface area (Å²) in [6.07, 6.45) is 1.48. The van der Waals surface area contributed by atoms with Crippen LogP contribution in [0, 0.1) is 19.8 Å². The molecule has 1 unspecified atom stereocenters. The molecule has 0 aliphatic heterocycles. The van der Waals surface area contributed by atoms with Gasteiger partial charge >= 0.3 is 5.97 Å². The first-order valence-electron chi connectivity index (χ1n) is 7.27. The van der Waals surface area contributed by atoms with E-state index in [2.05, 4.69) is 10.1 Å². The lowest BCUT2D eigenvalue weighted by Gasteiger charge is -2.19. The van der Waals surface area contributed by atoms with E-state index in [0.29, 0.717) is 11.4 Å². The topological polar surface area (TPSA) is 88.3 Å². The van der Waals surface area contributed by atoms with Gasteiger partial charge in [-0.2, -0.15) is 5.10 Å². The first-order valence-corrected chi connectivity index (χ1v) is 7.27. The molecule has 2 rings (SSSR count). The van der Waals surface area contributed by atoms with E-state index in [0.717, 1.165) is 11.4 Å². The molecule has 7 nitrogen and oxygen atoms in total. The third kappa shape index (κ3) is 3.74. The molecule has 0 spiro atoms. The number of hydrogen-bond donors (Lipinski definition) is 1. The van der Waals surface area contributed by atoms with Crippen molar-refractivity contribution in [1.29, 1.82) is 0 Å². The Morgan fingerprint density at radius 1 is 1.35 bits per heavy atom. The van der Waals surface area contributed by atoms with Gasteiger partial charge in [0.1, 0.15) is 0 Å². The Morgan fingerprint density at radius 3 is 2.52 bits per heavy atom. The monoisotopic (exact) mass is 316 g/mol. The highest BCUT2D eigenvalue weighted by molar-refractivity contribution is 5.94. The number of hydrogen-bond acceptors (Lipinski definition) is 4. The zero-order valence-electron chi connectivity index (χ0n) is 13.6. The van der Waals surface area contributed by atoms with Crippen molar-refractivity contribution >= 4 is 11.9 Å². The van der Waals surface area contributed by atoms with Gasteiger partial charge in [0.25, 0.3) is 5.91 Å². The van der Waals surface area contributed by atoms with Crippen molar-refractivity contribution in [2.45, 2.75) is 20.8 Å². The maximum Gasteiger partial charge on any atom is 0.308 e. The minimum Gasteiger partial charge on any atom is -0.481 e. The van der Waals surface area contributed by atoms with Crippen LogP contribution in [0.5, 0.6) is 0 Å². The average molecular weight is 316 g/mol. The second-order valence-electron chi connectivity index (χ2n) is 5.67. The Hall–Kier alpha value is -2.70. The number of nitrogens with zero attached hydrogens (tertiary/aromatic N) is 4. The van der Waals surface area contributed by atoms with E-state index in [9.17, 15) is 9.59 Å². The molecular weight excluding hydrogens is 296 g/mol. The summed E-state index contributed by atoms with van der Waals surface area (Å²) in [7, 11) is 1.58. The quantitative estimate of drug-likeness (QED) is 0.906. The van der Waals surface area contributed by atoms with Crippen LogP contribution >= 0.6 is 0 Å². The van der Waals surface area contributed by atoms with Crippen LogP contribution in [0.15, 0.2) is 24.4 Å². The number of rotatable bonds is 5. The van der Waals surface area contributed by atoms with Crippen LogP contribution in [0.25, 0.3) is 5.82 Å². The molecule has 1 atom stereocenters. The molecule has 0 fully saturated rings. The largest absolute Gasteiger partial charge is 0.481 e. The lowest BCUT2D eigenvalue weighted by molar-refractivity contribution is -0.141. The first kappa shape index (κ1) is 16.7. The van der Waals surface area contributed by atoms with Crippen LogP contribution in [0.3, 0.4) is 0 Å². The van der Waals surface area contributed by atoms with Crippen LogP contribution in [-0.4, -0.2) is 50.2 Å². The molecule has 7 heteroatoms. The van der Waals surface area contributed by atoms with E-state index < -0.39 is 11.9 Å². The van der Waals surface area contributed by atoms with Crippen LogP contribution in [0.4, 0.5) is 0 Å². The Bertz CT molecular complexity index is 721.